The van der Waals surface area contributed by atoms with Crippen LogP contribution >= 0.6 is 0 Å². The molecule has 1 atom stereocenters. The van der Waals surface area contributed by atoms with E-state index in [1.54, 1.807) is 40.0 Å². The maximum Gasteiger partial charge on any atom is 0.339 e. The molecule has 0 saturated heterocycles. The molecular weight excluding hydrogens is 463 g/mol. The normalized spacial score (nSPS) is 14.2. The highest BCUT2D eigenvalue weighted by molar-refractivity contribution is 6.08. The number of halogens is 1. The van der Waals surface area contributed by atoms with Crippen LogP contribution in [0.15, 0.2) is 41.3 Å². The van der Waals surface area contributed by atoms with E-state index in [1.165, 1.54) is 23.7 Å². The third kappa shape index (κ3) is 3.82. The first-order chi connectivity index (χ1) is 17.0. The molecular formula is C28H27FN2O5. The van der Waals surface area contributed by atoms with Gasteiger partial charge in [-0.3, -0.25) is 9.78 Å². The van der Waals surface area contributed by atoms with Gasteiger partial charge < -0.3 is 19.1 Å². The third-order valence-corrected chi connectivity index (χ3v) is 6.50. The fourth-order valence-corrected chi connectivity index (χ4v) is 4.93. The van der Waals surface area contributed by atoms with Gasteiger partial charge in [-0.05, 0) is 74.5 Å². The van der Waals surface area contributed by atoms with Crippen LogP contribution in [0.3, 0.4) is 0 Å². The van der Waals surface area contributed by atoms with E-state index in [2.05, 4.69) is 4.98 Å². The topological polar surface area (TPSA) is 90.7 Å². The Morgan fingerprint density at radius 1 is 1.22 bits per heavy atom. The number of pyridine rings is 2. The van der Waals surface area contributed by atoms with E-state index < -0.39 is 29.1 Å². The smallest absolute Gasteiger partial charge is 0.339 e. The quantitative estimate of drug-likeness (QED) is 0.429. The van der Waals surface area contributed by atoms with Crippen molar-refractivity contribution < 1.29 is 23.8 Å². The SMILES string of the molecule is Cc1cc2c(=O)n(C)c([C@H](OC(C)(C)C)C(=O)O)c(-c3ccc4c5c(ccnc35)CCO4)c2cc1F. The molecule has 0 amide bonds. The van der Waals surface area contributed by atoms with E-state index in [9.17, 15) is 19.1 Å². The summed E-state index contributed by atoms with van der Waals surface area (Å²) in [5.74, 6) is -1.07. The van der Waals surface area contributed by atoms with Crippen molar-refractivity contribution in [2.45, 2.75) is 45.8 Å². The van der Waals surface area contributed by atoms with E-state index in [-0.39, 0.29) is 11.1 Å². The number of carbonyl (C=O) groups is 1. The summed E-state index contributed by atoms with van der Waals surface area (Å²) < 4.78 is 28.1. The summed E-state index contributed by atoms with van der Waals surface area (Å²) in [7, 11) is 1.52. The van der Waals surface area contributed by atoms with Gasteiger partial charge in [0.1, 0.15) is 11.6 Å². The highest BCUT2D eigenvalue weighted by Gasteiger charge is 2.34. The Morgan fingerprint density at radius 3 is 2.67 bits per heavy atom. The molecule has 2 aromatic carbocycles. The molecule has 0 unspecified atom stereocenters. The van der Waals surface area contributed by atoms with Gasteiger partial charge in [0, 0.05) is 41.6 Å². The number of rotatable bonds is 4. The van der Waals surface area contributed by atoms with Crippen molar-refractivity contribution in [2.24, 2.45) is 7.05 Å². The maximum absolute atomic E-state index is 15.0. The fourth-order valence-electron chi connectivity index (χ4n) is 4.93. The molecule has 2 aromatic heterocycles. The van der Waals surface area contributed by atoms with Gasteiger partial charge in [0.25, 0.3) is 5.56 Å². The van der Waals surface area contributed by atoms with Crippen LogP contribution in [0.1, 0.15) is 43.7 Å². The summed E-state index contributed by atoms with van der Waals surface area (Å²) in [4.78, 5) is 30.7. The summed E-state index contributed by atoms with van der Waals surface area (Å²) in [5.41, 5.74) is 1.78. The lowest BCUT2D eigenvalue weighted by molar-refractivity contribution is -0.161. The molecule has 0 saturated carbocycles. The number of benzene rings is 2. The molecule has 1 N–H and O–H groups in total. The number of carboxylic acids is 1. The fraction of sp³-hybridized carbons (Fsp3) is 0.321. The van der Waals surface area contributed by atoms with Gasteiger partial charge >= 0.3 is 5.97 Å². The van der Waals surface area contributed by atoms with E-state index in [4.69, 9.17) is 9.47 Å². The van der Waals surface area contributed by atoms with E-state index in [0.29, 0.717) is 46.4 Å². The molecule has 8 heteroatoms. The summed E-state index contributed by atoms with van der Waals surface area (Å²) in [6.07, 6.45) is 0.911. The lowest BCUT2D eigenvalue weighted by atomic mass is 9.90. The summed E-state index contributed by atoms with van der Waals surface area (Å²) >= 11 is 0. The van der Waals surface area contributed by atoms with Crippen LogP contribution in [0.25, 0.3) is 32.8 Å². The lowest BCUT2D eigenvalue weighted by Gasteiger charge is -2.29. The minimum Gasteiger partial charge on any atom is -0.493 e. The van der Waals surface area contributed by atoms with Gasteiger partial charge in [-0.25, -0.2) is 9.18 Å². The number of ether oxygens (including phenoxy) is 2. The minimum absolute atomic E-state index is 0.123. The van der Waals surface area contributed by atoms with Crippen molar-refractivity contribution in [2.75, 3.05) is 6.61 Å². The third-order valence-electron chi connectivity index (χ3n) is 6.50. The number of fused-ring (bicyclic) bond motifs is 1. The Kier molecular flexibility index (Phi) is 5.59. The van der Waals surface area contributed by atoms with Crippen LogP contribution in [0.2, 0.25) is 0 Å². The molecule has 5 rings (SSSR count). The molecule has 0 bridgehead atoms. The van der Waals surface area contributed by atoms with Crippen molar-refractivity contribution in [1.29, 1.82) is 0 Å². The largest absolute Gasteiger partial charge is 0.493 e. The van der Waals surface area contributed by atoms with E-state index >= 15 is 0 Å². The number of aryl methyl sites for hydroxylation is 1. The zero-order valence-electron chi connectivity index (χ0n) is 20.8. The average molecular weight is 491 g/mol. The zero-order valence-corrected chi connectivity index (χ0v) is 20.8. The van der Waals surface area contributed by atoms with E-state index in [1.807, 2.05) is 12.1 Å². The number of carboxylic acid groups (broad SMARTS) is 1. The highest BCUT2D eigenvalue weighted by Crippen LogP contribution is 2.43. The second kappa shape index (κ2) is 8.41. The second-order valence-electron chi connectivity index (χ2n) is 10.1. The molecule has 3 heterocycles. The Labute approximate surface area is 207 Å². The molecule has 0 fully saturated rings. The number of aliphatic carboxylic acids is 1. The maximum atomic E-state index is 15.0. The van der Waals surface area contributed by atoms with Crippen LogP contribution in [-0.4, -0.2) is 32.8 Å². The predicted octanol–water partition coefficient (Wildman–Crippen LogP) is 5.08. The molecule has 1 aliphatic rings. The second-order valence-corrected chi connectivity index (χ2v) is 10.1. The van der Waals surface area contributed by atoms with Crippen molar-refractivity contribution in [3.63, 3.8) is 0 Å². The number of hydrogen-bond acceptors (Lipinski definition) is 5. The molecule has 36 heavy (non-hydrogen) atoms. The van der Waals surface area contributed by atoms with Gasteiger partial charge in [0.15, 0.2) is 6.10 Å². The molecule has 0 radical (unpaired) electrons. The molecule has 0 spiro atoms. The number of hydrogen-bond donors (Lipinski definition) is 1. The number of nitrogens with zero attached hydrogens (tertiary/aromatic N) is 2. The van der Waals surface area contributed by atoms with Crippen molar-refractivity contribution in [3.05, 3.63) is 69.5 Å². The summed E-state index contributed by atoms with van der Waals surface area (Å²) in [6.45, 7) is 7.36. The van der Waals surface area contributed by atoms with Gasteiger partial charge in [-0.2, -0.15) is 0 Å². The minimum atomic E-state index is -1.49. The van der Waals surface area contributed by atoms with Gasteiger partial charge in [-0.15, -0.1) is 0 Å². The van der Waals surface area contributed by atoms with Crippen molar-refractivity contribution in [1.82, 2.24) is 9.55 Å². The van der Waals surface area contributed by atoms with Gasteiger partial charge in [0.2, 0.25) is 0 Å². The molecule has 7 nitrogen and oxygen atoms in total. The van der Waals surface area contributed by atoms with Crippen molar-refractivity contribution >= 4 is 27.6 Å². The predicted molar refractivity (Wildman–Crippen MR) is 135 cm³/mol. The van der Waals surface area contributed by atoms with Gasteiger partial charge in [-0.1, -0.05) is 0 Å². The van der Waals surface area contributed by atoms with Crippen LogP contribution < -0.4 is 10.3 Å². The summed E-state index contributed by atoms with van der Waals surface area (Å²) in [5, 5.41) is 11.7. The van der Waals surface area contributed by atoms with Crippen LogP contribution in [0.4, 0.5) is 4.39 Å². The Balaban J connectivity index is 1.99. The van der Waals surface area contributed by atoms with Crippen LogP contribution in [0.5, 0.6) is 5.75 Å². The van der Waals surface area contributed by atoms with Gasteiger partial charge in [0.05, 0.1) is 23.4 Å². The first-order valence-corrected chi connectivity index (χ1v) is 11.7. The lowest BCUT2D eigenvalue weighted by Crippen LogP contribution is -2.33. The van der Waals surface area contributed by atoms with E-state index in [0.717, 1.165) is 10.9 Å². The Hall–Kier alpha value is -3.78. The molecule has 186 valence electrons. The molecule has 0 aliphatic carbocycles. The molecule has 4 aromatic rings. The Morgan fingerprint density at radius 2 is 1.97 bits per heavy atom. The van der Waals surface area contributed by atoms with Crippen LogP contribution in [-0.2, 0) is 23.0 Å². The van der Waals surface area contributed by atoms with Crippen molar-refractivity contribution in [3.8, 4) is 16.9 Å². The molecule has 1 aliphatic heterocycles. The first kappa shape index (κ1) is 23.9. The average Bonchev–Trinajstić information content (AvgIpc) is 2.82. The Bertz CT molecular complexity index is 1610. The number of aromatic nitrogens is 2. The summed E-state index contributed by atoms with van der Waals surface area (Å²) in [6, 6.07) is 8.34. The standard InChI is InChI=1S/C28H27FN2O5/c1-14-12-18-17(13-19(14)29)22(24(31(5)26(18)32)25(27(33)34)36-28(2,3)4)16-6-7-20-21-15(9-11-35-20)8-10-30-23(16)21/h6-8,10,12-13,25H,9,11H2,1-5H3,(H,33,34)/t25-/m0/s1. The van der Waals surface area contributed by atoms with Crippen LogP contribution in [0, 0.1) is 12.7 Å². The zero-order chi connectivity index (χ0) is 25.9. The highest BCUT2D eigenvalue weighted by atomic mass is 19.1. The first-order valence-electron chi connectivity index (χ1n) is 11.7. The monoisotopic (exact) mass is 490 g/mol.